The Balaban J connectivity index is 1.66. The van der Waals surface area contributed by atoms with E-state index in [0.29, 0.717) is 0 Å². The molecule has 0 fully saturated rings. The zero-order valence-electron chi connectivity index (χ0n) is 14.0. The van der Waals surface area contributed by atoms with Crippen molar-refractivity contribution in [1.82, 2.24) is 19.8 Å². The Kier molecular flexibility index (Phi) is 3.43. The van der Waals surface area contributed by atoms with Gasteiger partial charge in [0.05, 0.1) is 7.11 Å². The number of benzene rings is 3. The third-order valence-electron chi connectivity index (χ3n) is 4.36. The molecule has 2 aromatic heterocycles. The van der Waals surface area contributed by atoms with Crippen molar-refractivity contribution in [2.75, 3.05) is 7.11 Å². The zero-order chi connectivity index (χ0) is 17.5. The van der Waals surface area contributed by atoms with Gasteiger partial charge in [0.25, 0.3) is 0 Å². The molecule has 0 N–H and O–H groups in total. The number of aromatic nitrogens is 4. The van der Waals surface area contributed by atoms with E-state index in [0.717, 1.165) is 32.7 Å². The Morgan fingerprint density at radius 1 is 0.885 bits per heavy atom. The van der Waals surface area contributed by atoms with E-state index in [1.54, 1.807) is 18.4 Å². The summed E-state index contributed by atoms with van der Waals surface area (Å²) in [5.74, 6) is 1.54. The second kappa shape index (κ2) is 5.93. The van der Waals surface area contributed by atoms with Crippen molar-refractivity contribution in [3.63, 3.8) is 0 Å². The standard InChI is InChI=1S/C20H14N4OS/c1-25-15-11-9-14(10-12-15)18-21-22-20-24(18)23-19(26-20)17-8-4-6-13-5-2-3-7-16(13)17/h2-12H,1H3. The Morgan fingerprint density at radius 3 is 2.54 bits per heavy atom. The summed E-state index contributed by atoms with van der Waals surface area (Å²) in [7, 11) is 1.65. The molecule has 0 aliphatic carbocycles. The first-order chi connectivity index (χ1) is 12.8. The fraction of sp³-hybridized carbons (Fsp3) is 0.0500. The van der Waals surface area contributed by atoms with Gasteiger partial charge in [-0.3, -0.25) is 0 Å². The number of methoxy groups -OCH3 is 1. The highest BCUT2D eigenvalue weighted by Crippen LogP contribution is 2.33. The van der Waals surface area contributed by atoms with Gasteiger partial charge in [-0.2, -0.15) is 9.61 Å². The maximum absolute atomic E-state index is 5.22. The summed E-state index contributed by atoms with van der Waals surface area (Å²) >= 11 is 1.54. The van der Waals surface area contributed by atoms with E-state index in [9.17, 15) is 0 Å². The molecule has 5 nitrogen and oxygen atoms in total. The summed E-state index contributed by atoms with van der Waals surface area (Å²) in [5, 5.41) is 16.7. The maximum Gasteiger partial charge on any atom is 0.235 e. The van der Waals surface area contributed by atoms with Crippen molar-refractivity contribution in [3.8, 4) is 27.7 Å². The van der Waals surface area contributed by atoms with Crippen LogP contribution in [0.1, 0.15) is 0 Å². The first-order valence-electron chi connectivity index (χ1n) is 8.18. The van der Waals surface area contributed by atoms with Crippen molar-refractivity contribution < 1.29 is 4.74 Å². The molecule has 0 radical (unpaired) electrons. The van der Waals surface area contributed by atoms with Gasteiger partial charge in [0, 0.05) is 11.1 Å². The van der Waals surface area contributed by atoms with E-state index >= 15 is 0 Å². The van der Waals surface area contributed by atoms with E-state index in [-0.39, 0.29) is 0 Å². The second-order valence-corrected chi connectivity index (χ2v) is 6.84. The molecule has 6 heteroatoms. The molecule has 0 saturated carbocycles. The molecule has 0 unspecified atom stereocenters. The lowest BCUT2D eigenvalue weighted by Gasteiger charge is -2.03. The SMILES string of the molecule is COc1ccc(-c2nnc3sc(-c4cccc5ccccc45)nn23)cc1. The van der Waals surface area contributed by atoms with E-state index in [2.05, 4.69) is 46.6 Å². The molecule has 2 heterocycles. The fourth-order valence-electron chi connectivity index (χ4n) is 3.06. The molecule has 0 aliphatic heterocycles. The number of hydrogen-bond acceptors (Lipinski definition) is 5. The van der Waals surface area contributed by atoms with Crippen LogP contribution in [0.5, 0.6) is 5.75 Å². The van der Waals surface area contributed by atoms with Gasteiger partial charge in [-0.25, -0.2) is 0 Å². The van der Waals surface area contributed by atoms with Crippen LogP contribution in [-0.4, -0.2) is 26.9 Å². The van der Waals surface area contributed by atoms with Gasteiger partial charge >= 0.3 is 0 Å². The molecule has 26 heavy (non-hydrogen) atoms. The lowest BCUT2D eigenvalue weighted by molar-refractivity contribution is 0.415. The summed E-state index contributed by atoms with van der Waals surface area (Å²) in [6, 6.07) is 22.4. The molecule has 0 bridgehead atoms. The molecule has 0 aliphatic rings. The van der Waals surface area contributed by atoms with Gasteiger partial charge in [-0.1, -0.05) is 53.8 Å². The highest BCUT2D eigenvalue weighted by Gasteiger charge is 2.15. The molecule has 0 spiro atoms. The fourth-order valence-corrected chi connectivity index (χ4v) is 3.94. The van der Waals surface area contributed by atoms with Crippen LogP contribution in [0, 0.1) is 0 Å². The van der Waals surface area contributed by atoms with Crippen LogP contribution in [0.2, 0.25) is 0 Å². The van der Waals surface area contributed by atoms with E-state index < -0.39 is 0 Å². The number of fused-ring (bicyclic) bond motifs is 2. The summed E-state index contributed by atoms with van der Waals surface area (Å²) in [6.45, 7) is 0. The molecule has 126 valence electrons. The molecule has 0 amide bonds. The van der Waals surface area contributed by atoms with Gasteiger partial charge in [-0.15, -0.1) is 10.2 Å². The average Bonchev–Trinajstić information content (AvgIpc) is 3.28. The summed E-state index contributed by atoms with van der Waals surface area (Å²) in [6.07, 6.45) is 0. The summed E-state index contributed by atoms with van der Waals surface area (Å²) in [4.78, 5) is 0.777. The minimum absolute atomic E-state index is 0.727. The highest BCUT2D eigenvalue weighted by atomic mass is 32.1. The number of hydrogen-bond donors (Lipinski definition) is 0. The van der Waals surface area contributed by atoms with Crippen molar-refractivity contribution in [3.05, 3.63) is 66.7 Å². The lowest BCUT2D eigenvalue weighted by Crippen LogP contribution is -1.91. The average molecular weight is 358 g/mol. The summed E-state index contributed by atoms with van der Waals surface area (Å²) < 4.78 is 7.03. The van der Waals surface area contributed by atoms with Crippen molar-refractivity contribution >= 4 is 27.1 Å². The molecular weight excluding hydrogens is 344 g/mol. The Labute approximate surface area is 153 Å². The van der Waals surface area contributed by atoms with Gasteiger partial charge in [-0.05, 0) is 35.0 Å². The van der Waals surface area contributed by atoms with Crippen molar-refractivity contribution in [2.45, 2.75) is 0 Å². The topological polar surface area (TPSA) is 52.3 Å². The minimum Gasteiger partial charge on any atom is -0.497 e. The Bertz CT molecular complexity index is 1220. The molecule has 0 saturated heterocycles. The van der Waals surface area contributed by atoms with Crippen LogP contribution >= 0.6 is 11.3 Å². The highest BCUT2D eigenvalue weighted by molar-refractivity contribution is 7.19. The summed E-state index contributed by atoms with van der Waals surface area (Å²) in [5.41, 5.74) is 2.06. The zero-order valence-corrected chi connectivity index (χ0v) is 14.8. The Morgan fingerprint density at radius 2 is 1.69 bits per heavy atom. The maximum atomic E-state index is 5.22. The Hall–Kier alpha value is -3.25. The van der Waals surface area contributed by atoms with E-state index in [1.165, 1.54) is 10.8 Å². The lowest BCUT2D eigenvalue weighted by atomic mass is 10.1. The molecule has 5 rings (SSSR count). The van der Waals surface area contributed by atoms with E-state index in [1.807, 2.05) is 34.8 Å². The van der Waals surface area contributed by atoms with Gasteiger partial charge in [0.15, 0.2) is 5.82 Å². The first-order valence-corrected chi connectivity index (χ1v) is 9.00. The minimum atomic E-state index is 0.727. The van der Waals surface area contributed by atoms with Crippen molar-refractivity contribution in [2.24, 2.45) is 0 Å². The number of nitrogens with zero attached hydrogens (tertiary/aromatic N) is 4. The largest absolute Gasteiger partial charge is 0.497 e. The van der Waals surface area contributed by atoms with Crippen LogP contribution in [0.25, 0.3) is 37.7 Å². The van der Waals surface area contributed by atoms with Crippen LogP contribution in [-0.2, 0) is 0 Å². The molecule has 3 aromatic carbocycles. The number of ether oxygens (including phenoxy) is 1. The van der Waals surface area contributed by atoms with Gasteiger partial charge in [0.2, 0.25) is 4.96 Å². The third-order valence-corrected chi connectivity index (χ3v) is 5.29. The normalized spacial score (nSPS) is 11.3. The van der Waals surface area contributed by atoms with Crippen LogP contribution in [0.3, 0.4) is 0 Å². The molecule has 5 aromatic rings. The monoisotopic (exact) mass is 358 g/mol. The van der Waals surface area contributed by atoms with Crippen LogP contribution < -0.4 is 4.74 Å². The van der Waals surface area contributed by atoms with Gasteiger partial charge in [0.1, 0.15) is 10.8 Å². The second-order valence-electron chi connectivity index (χ2n) is 5.88. The van der Waals surface area contributed by atoms with Crippen LogP contribution in [0.4, 0.5) is 0 Å². The smallest absolute Gasteiger partial charge is 0.235 e. The predicted molar refractivity (Wildman–Crippen MR) is 104 cm³/mol. The van der Waals surface area contributed by atoms with Crippen molar-refractivity contribution in [1.29, 1.82) is 0 Å². The predicted octanol–water partition coefficient (Wildman–Crippen LogP) is 4.68. The van der Waals surface area contributed by atoms with Gasteiger partial charge < -0.3 is 4.74 Å². The quantitative estimate of drug-likeness (QED) is 0.470. The molecule has 0 atom stereocenters. The molecular formula is C20H14N4OS. The third kappa shape index (κ3) is 2.34. The number of rotatable bonds is 3. The van der Waals surface area contributed by atoms with E-state index in [4.69, 9.17) is 9.84 Å². The van der Waals surface area contributed by atoms with Crippen LogP contribution in [0.15, 0.2) is 66.7 Å². The first kappa shape index (κ1) is 15.0.